The van der Waals surface area contributed by atoms with Crippen molar-refractivity contribution in [2.45, 2.75) is 24.8 Å². The highest BCUT2D eigenvalue weighted by atomic mass is 35.5. The lowest BCUT2D eigenvalue weighted by Crippen LogP contribution is -2.31. The third-order valence-corrected chi connectivity index (χ3v) is 8.30. The van der Waals surface area contributed by atoms with E-state index < -0.39 is 27.3 Å². The van der Waals surface area contributed by atoms with Gasteiger partial charge in [-0.1, -0.05) is 60.1 Å². The molecule has 42 heavy (non-hydrogen) atoms. The minimum atomic E-state index is -4.33. The van der Waals surface area contributed by atoms with Crippen LogP contribution in [0.4, 0.5) is 14.5 Å². The molecule has 0 radical (unpaired) electrons. The SMILES string of the molecule is CC(=Cc1ccccc1)C(=O)NCCCOc1ccccc1CN(c1cc(F)ccc1F)S(=O)(=O)c1ccc(Cl)cc1. The highest BCUT2D eigenvalue weighted by Crippen LogP contribution is 2.31. The molecule has 0 spiro atoms. The molecule has 0 saturated heterocycles. The molecule has 0 fully saturated rings. The van der Waals surface area contributed by atoms with E-state index >= 15 is 0 Å². The normalized spacial score (nSPS) is 11.7. The molecular weight excluding hydrogens is 582 g/mol. The molecule has 1 N–H and O–H groups in total. The smallest absolute Gasteiger partial charge is 0.264 e. The number of hydrogen-bond donors (Lipinski definition) is 1. The monoisotopic (exact) mass is 610 g/mol. The number of halogens is 3. The van der Waals surface area contributed by atoms with Crippen molar-refractivity contribution in [1.82, 2.24) is 5.32 Å². The van der Waals surface area contributed by atoms with Crippen LogP contribution in [0, 0.1) is 11.6 Å². The Morgan fingerprint density at radius 3 is 2.38 bits per heavy atom. The first-order chi connectivity index (χ1) is 20.1. The number of para-hydroxylation sites is 1. The summed E-state index contributed by atoms with van der Waals surface area (Å²) in [6, 6.07) is 24.3. The molecule has 6 nitrogen and oxygen atoms in total. The Kier molecular flexibility index (Phi) is 10.3. The molecule has 0 aromatic heterocycles. The van der Waals surface area contributed by atoms with Crippen molar-refractivity contribution in [3.8, 4) is 5.75 Å². The average Bonchev–Trinajstić information content (AvgIpc) is 2.98. The summed E-state index contributed by atoms with van der Waals surface area (Å²) in [4.78, 5) is 12.3. The summed E-state index contributed by atoms with van der Waals surface area (Å²) < 4.78 is 63.1. The van der Waals surface area contributed by atoms with Crippen LogP contribution in [0.25, 0.3) is 6.08 Å². The van der Waals surface area contributed by atoms with Crippen LogP contribution in [0.5, 0.6) is 5.75 Å². The molecule has 0 aliphatic rings. The first-order valence-corrected chi connectivity index (χ1v) is 14.9. The highest BCUT2D eigenvalue weighted by Gasteiger charge is 2.29. The maximum Gasteiger partial charge on any atom is 0.264 e. The number of benzene rings is 4. The molecule has 0 bridgehead atoms. The van der Waals surface area contributed by atoms with Crippen molar-refractivity contribution in [1.29, 1.82) is 0 Å². The van der Waals surface area contributed by atoms with E-state index in [1.165, 1.54) is 24.3 Å². The molecule has 10 heteroatoms. The molecule has 4 aromatic rings. The number of amides is 1. The summed E-state index contributed by atoms with van der Waals surface area (Å²) in [5.41, 5.74) is 1.49. The summed E-state index contributed by atoms with van der Waals surface area (Å²) in [5, 5.41) is 3.18. The Hall–Kier alpha value is -4.21. The van der Waals surface area contributed by atoms with E-state index in [1.807, 2.05) is 30.3 Å². The first kappa shape index (κ1) is 30.7. The van der Waals surface area contributed by atoms with E-state index in [0.717, 1.165) is 28.1 Å². The topological polar surface area (TPSA) is 75.7 Å². The summed E-state index contributed by atoms with van der Waals surface area (Å²) in [7, 11) is -4.33. The van der Waals surface area contributed by atoms with Gasteiger partial charge in [-0.15, -0.1) is 0 Å². The third kappa shape index (κ3) is 7.96. The van der Waals surface area contributed by atoms with Crippen molar-refractivity contribution < 1.29 is 26.7 Å². The standard InChI is InChI=1S/C32H29ClF2N2O4S/c1-23(20-24-8-3-2-4-9-24)32(38)36-18-7-19-41-31-11-6-5-10-25(31)22-37(30-21-27(34)14-17-29(30)35)42(39,40)28-15-12-26(33)13-16-28/h2-6,8-17,20-21H,7,18-19,22H2,1H3,(H,36,38). The van der Waals surface area contributed by atoms with Gasteiger partial charge in [0.1, 0.15) is 17.4 Å². The lowest BCUT2D eigenvalue weighted by atomic mass is 10.1. The van der Waals surface area contributed by atoms with Crippen LogP contribution in [0.3, 0.4) is 0 Å². The van der Waals surface area contributed by atoms with Crippen molar-refractivity contribution in [2.24, 2.45) is 0 Å². The zero-order valence-corrected chi connectivity index (χ0v) is 24.3. The maximum atomic E-state index is 14.9. The quantitative estimate of drug-likeness (QED) is 0.138. The summed E-state index contributed by atoms with van der Waals surface area (Å²) in [6.45, 7) is 1.98. The highest BCUT2D eigenvalue weighted by molar-refractivity contribution is 7.92. The molecule has 4 aromatic carbocycles. The zero-order valence-electron chi connectivity index (χ0n) is 22.8. The lowest BCUT2D eigenvalue weighted by Gasteiger charge is -2.26. The van der Waals surface area contributed by atoms with Crippen molar-refractivity contribution in [3.05, 3.63) is 130 Å². The van der Waals surface area contributed by atoms with Gasteiger partial charge >= 0.3 is 0 Å². The van der Waals surface area contributed by atoms with Crippen molar-refractivity contribution >= 4 is 39.3 Å². The van der Waals surface area contributed by atoms with Crippen LogP contribution >= 0.6 is 11.6 Å². The number of hydrogen-bond acceptors (Lipinski definition) is 4. The number of rotatable bonds is 12. The molecule has 218 valence electrons. The van der Waals surface area contributed by atoms with Crippen LogP contribution in [-0.2, 0) is 21.4 Å². The summed E-state index contributed by atoms with van der Waals surface area (Å²) in [5.74, 6) is -1.51. The molecule has 1 amide bonds. The minimum Gasteiger partial charge on any atom is -0.493 e. The zero-order chi connectivity index (χ0) is 30.1. The van der Waals surface area contributed by atoms with Gasteiger partial charge in [-0.05, 0) is 67.4 Å². The van der Waals surface area contributed by atoms with Crippen molar-refractivity contribution in [2.75, 3.05) is 17.5 Å². The molecule has 0 aliphatic carbocycles. The third-order valence-electron chi connectivity index (χ3n) is 6.27. The van der Waals surface area contributed by atoms with Crippen LogP contribution in [0.1, 0.15) is 24.5 Å². The average molecular weight is 611 g/mol. The van der Waals surface area contributed by atoms with E-state index in [2.05, 4.69) is 5.32 Å². The van der Waals surface area contributed by atoms with E-state index in [4.69, 9.17) is 16.3 Å². The van der Waals surface area contributed by atoms with Gasteiger partial charge in [0.05, 0.1) is 23.7 Å². The number of sulfonamides is 1. The molecule has 0 aliphatic heterocycles. The van der Waals surface area contributed by atoms with Gasteiger partial charge in [0.25, 0.3) is 10.0 Å². The Morgan fingerprint density at radius 2 is 1.64 bits per heavy atom. The van der Waals surface area contributed by atoms with E-state index in [1.54, 1.807) is 37.3 Å². The lowest BCUT2D eigenvalue weighted by molar-refractivity contribution is -0.117. The predicted octanol–water partition coefficient (Wildman–Crippen LogP) is 7.00. The Balaban J connectivity index is 1.47. The molecular formula is C32H29ClF2N2O4S. The fourth-order valence-electron chi connectivity index (χ4n) is 4.10. The molecule has 4 rings (SSSR count). The second kappa shape index (κ2) is 14.1. The van der Waals surface area contributed by atoms with Gasteiger partial charge in [0.2, 0.25) is 5.91 Å². The fourth-order valence-corrected chi connectivity index (χ4v) is 5.67. The van der Waals surface area contributed by atoms with Gasteiger partial charge in [-0.25, -0.2) is 17.2 Å². The molecule has 0 heterocycles. The minimum absolute atomic E-state index is 0.138. The fraction of sp³-hybridized carbons (Fsp3) is 0.156. The second-order valence-corrected chi connectivity index (χ2v) is 11.7. The van der Waals surface area contributed by atoms with Crippen LogP contribution in [0.2, 0.25) is 5.02 Å². The number of carbonyl (C=O) groups excluding carboxylic acids is 1. The largest absolute Gasteiger partial charge is 0.493 e. The molecule has 0 unspecified atom stereocenters. The Morgan fingerprint density at radius 1 is 0.952 bits per heavy atom. The number of anilines is 1. The van der Waals surface area contributed by atoms with Gasteiger partial charge in [-0.3, -0.25) is 9.10 Å². The second-order valence-electron chi connectivity index (χ2n) is 9.37. The van der Waals surface area contributed by atoms with Gasteiger partial charge in [-0.2, -0.15) is 0 Å². The van der Waals surface area contributed by atoms with Crippen LogP contribution < -0.4 is 14.4 Å². The Labute approximate surface area is 249 Å². The summed E-state index contributed by atoms with van der Waals surface area (Å²) in [6.07, 6.45) is 2.28. The molecule has 0 atom stereocenters. The van der Waals surface area contributed by atoms with Crippen molar-refractivity contribution in [3.63, 3.8) is 0 Å². The predicted molar refractivity (Wildman–Crippen MR) is 161 cm³/mol. The van der Waals surface area contributed by atoms with Gasteiger partial charge < -0.3 is 10.1 Å². The number of nitrogens with zero attached hydrogens (tertiary/aromatic N) is 1. The van der Waals surface area contributed by atoms with Gasteiger partial charge in [0, 0.05) is 28.8 Å². The van der Waals surface area contributed by atoms with Crippen LogP contribution in [0.15, 0.2) is 108 Å². The van der Waals surface area contributed by atoms with E-state index in [0.29, 0.717) is 34.9 Å². The molecule has 0 saturated carbocycles. The Bertz CT molecular complexity index is 1660. The van der Waals surface area contributed by atoms with E-state index in [-0.39, 0.29) is 24.0 Å². The van der Waals surface area contributed by atoms with Crippen LogP contribution in [-0.4, -0.2) is 27.5 Å². The maximum absolute atomic E-state index is 14.9. The number of carbonyl (C=O) groups is 1. The first-order valence-electron chi connectivity index (χ1n) is 13.1. The summed E-state index contributed by atoms with van der Waals surface area (Å²) >= 11 is 5.93. The van der Waals surface area contributed by atoms with Gasteiger partial charge in [0.15, 0.2) is 0 Å². The van der Waals surface area contributed by atoms with E-state index in [9.17, 15) is 22.0 Å². The number of nitrogens with one attached hydrogen (secondary N) is 1. The number of ether oxygens (including phenoxy) is 1.